The molecule has 1 N–H and O–H groups in total. The molecule has 5 heteroatoms. The average Bonchev–Trinajstić information content (AvgIpc) is 2.72. The van der Waals surface area contributed by atoms with Crippen LogP contribution < -0.4 is 10.4 Å². The Morgan fingerprint density at radius 1 is 1.25 bits per heavy atom. The number of aryl methyl sites for hydroxylation is 1. The van der Waals surface area contributed by atoms with Gasteiger partial charge in [0.05, 0.1) is 11.0 Å². The largest absolute Gasteiger partial charge is 0.489 e. The van der Waals surface area contributed by atoms with Crippen LogP contribution in [0.2, 0.25) is 0 Å². The van der Waals surface area contributed by atoms with Gasteiger partial charge in [0.1, 0.15) is 18.2 Å². The lowest BCUT2D eigenvalue weighted by atomic mass is 10.2. The Morgan fingerprint density at radius 3 is 2.90 bits per heavy atom. The molecule has 0 aliphatic carbocycles. The van der Waals surface area contributed by atoms with E-state index in [2.05, 4.69) is 4.98 Å². The molecule has 0 unspecified atom stereocenters. The molecule has 3 rings (SSSR count). The number of benzene rings is 2. The van der Waals surface area contributed by atoms with Gasteiger partial charge in [-0.05, 0) is 29.8 Å². The van der Waals surface area contributed by atoms with Crippen molar-refractivity contribution in [3.8, 4) is 5.75 Å². The molecule has 4 nitrogen and oxygen atoms in total. The van der Waals surface area contributed by atoms with Crippen LogP contribution in [0.1, 0.15) is 5.56 Å². The molecule has 1 aromatic heterocycles. The van der Waals surface area contributed by atoms with Gasteiger partial charge in [-0.2, -0.15) is 0 Å². The first-order valence-corrected chi connectivity index (χ1v) is 6.19. The second-order valence-electron chi connectivity index (χ2n) is 4.59. The molecule has 0 fully saturated rings. The van der Waals surface area contributed by atoms with E-state index in [1.807, 2.05) is 0 Å². The van der Waals surface area contributed by atoms with Crippen LogP contribution in [0.3, 0.4) is 0 Å². The van der Waals surface area contributed by atoms with E-state index in [0.29, 0.717) is 5.75 Å². The number of imidazole rings is 1. The van der Waals surface area contributed by atoms with Gasteiger partial charge in [-0.15, -0.1) is 0 Å². The highest BCUT2D eigenvalue weighted by molar-refractivity contribution is 5.76. The second kappa shape index (κ2) is 4.85. The zero-order valence-corrected chi connectivity index (χ0v) is 10.9. The van der Waals surface area contributed by atoms with Crippen molar-refractivity contribution in [2.75, 3.05) is 0 Å². The lowest BCUT2D eigenvalue weighted by Crippen LogP contribution is -2.11. The van der Waals surface area contributed by atoms with Gasteiger partial charge in [0.25, 0.3) is 0 Å². The predicted molar refractivity (Wildman–Crippen MR) is 74.3 cm³/mol. The fourth-order valence-electron chi connectivity index (χ4n) is 2.09. The number of hydrogen-bond donors (Lipinski definition) is 1. The van der Waals surface area contributed by atoms with Crippen molar-refractivity contribution < 1.29 is 9.13 Å². The van der Waals surface area contributed by atoms with Crippen molar-refractivity contribution in [3.63, 3.8) is 0 Å². The third-order valence-corrected chi connectivity index (χ3v) is 3.17. The molecule has 0 bridgehead atoms. The highest BCUT2D eigenvalue weighted by Gasteiger charge is 2.05. The highest BCUT2D eigenvalue weighted by atomic mass is 19.1. The van der Waals surface area contributed by atoms with E-state index < -0.39 is 0 Å². The first-order valence-electron chi connectivity index (χ1n) is 6.19. The van der Waals surface area contributed by atoms with Crippen LogP contribution in [-0.2, 0) is 13.7 Å². The van der Waals surface area contributed by atoms with Crippen LogP contribution in [0, 0.1) is 5.82 Å². The van der Waals surface area contributed by atoms with Gasteiger partial charge in [0.2, 0.25) is 0 Å². The Bertz CT molecular complexity index is 820. The minimum atomic E-state index is -0.283. The molecule has 0 amide bonds. The molecule has 102 valence electrons. The number of aromatic amines is 1. The SMILES string of the molecule is Cn1c(=O)[nH]c2ccc(OCc3cccc(F)c3)cc21. The summed E-state index contributed by atoms with van der Waals surface area (Å²) in [6, 6.07) is 11.6. The van der Waals surface area contributed by atoms with Crippen LogP contribution in [0.5, 0.6) is 5.75 Å². The van der Waals surface area contributed by atoms with E-state index in [4.69, 9.17) is 4.74 Å². The first kappa shape index (κ1) is 12.5. The van der Waals surface area contributed by atoms with Gasteiger partial charge >= 0.3 is 5.69 Å². The number of hydrogen-bond acceptors (Lipinski definition) is 2. The maximum atomic E-state index is 13.1. The van der Waals surface area contributed by atoms with Crippen LogP contribution in [-0.4, -0.2) is 9.55 Å². The molecule has 0 aliphatic heterocycles. The number of H-pyrrole nitrogens is 1. The Morgan fingerprint density at radius 2 is 2.10 bits per heavy atom. The smallest absolute Gasteiger partial charge is 0.326 e. The zero-order chi connectivity index (χ0) is 14.1. The lowest BCUT2D eigenvalue weighted by molar-refractivity contribution is 0.306. The van der Waals surface area contributed by atoms with E-state index in [1.54, 1.807) is 37.4 Å². The summed E-state index contributed by atoms with van der Waals surface area (Å²) in [6.45, 7) is 0.279. The van der Waals surface area contributed by atoms with E-state index in [-0.39, 0.29) is 18.1 Å². The monoisotopic (exact) mass is 272 g/mol. The number of ether oxygens (including phenoxy) is 1. The molecular weight excluding hydrogens is 259 g/mol. The number of aromatic nitrogens is 2. The van der Waals surface area contributed by atoms with Crippen molar-refractivity contribution in [1.29, 1.82) is 0 Å². The summed E-state index contributed by atoms with van der Waals surface area (Å²) in [5.74, 6) is 0.353. The zero-order valence-electron chi connectivity index (χ0n) is 10.9. The maximum absolute atomic E-state index is 13.1. The van der Waals surface area contributed by atoms with E-state index in [9.17, 15) is 9.18 Å². The molecule has 0 aliphatic rings. The topological polar surface area (TPSA) is 47.0 Å². The summed E-state index contributed by atoms with van der Waals surface area (Å²) < 4.78 is 20.2. The lowest BCUT2D eigenvalue weighted by Gasteiger charge is -2.06. The summed E-state index contributed by atoms with van der Waals surface area (Å²) in [6.07, 6.45) is 0. The molecule has 20 heavy (non-hydrogen) atoms. The van der Waals surface area contributed by atoms with Gasteiger partial charge < -0.3 is 9.72 Å². The molecule has 1 heterocycles. The first-order chi connectivity index (χ1) is 9.63. The Balaban J connectivity index is 1.84. The van der Waals surface area contributed by atoms with Crippen molar-refractivity contribution >= 4 is 11.0 Å². The highest BCUT2D eigenvalue weighted by Crippen LogP contribution is 2.19. The Kier molecular flexibility index (Phi) is 3.02. The third-order valence-electron chi connectivity index (χ3n) is 3.17. The van der Waals surface area contributed by atoms with Gasteiger partial charge in [0.15, 0.2) is 0 Å². The summed E-state index contributed by atoms with van der Waals surface area (Å²) in [5.41, 5.74) is 2.12. The van der Waals surface area contributed by atoms with E-state index in [1.165, 1.54) is 16.7 Å². The van der Waals surface area contributed by atoms with Crippen molar-refractivity contribution in [2.45, 2.75) is 6.61 Å². The average molecular weight is 272 g/mol. The minimum Gasteiger partial charge on any atom is -0.489 e. The van der Waals surface area contributed by atoms with Crippen LogP contribution in [0.4, 0.5) is 4.39 Å². The maximum Gasteiger partial charge on any atom is 0.326 e. The fraction of sp³-hybridized carbons (Fsp3) is 0.133. The molecular formula is C15H13FN2O2. The van der Waals surface area contributed by atoms with Gasteiger partial charge in [0, 0.05) is 13.1 Å². The van der Waals surface area contributed by atoms with Crippen molar-refractivity contribution in [2.24, 2.45) is 7.05 Å². The summed E-state index contributed by atoms with van der Waals surface area (Å²) in [7, 11) is 1.69. The van der Waals surface area contributed by atoms with Gasteiger partial charge in [-0.25, -0.2) is 9.18 Å². The van der Waals surface area contributed by atoms with Crippen molar-refractivity contribution in [3.05, 3.63) is 64.3 Å². The molecule has 0 radical (unpaired) electrons. The molecule has 3 aromatic rings. The third kappa shape index (κ3) is 2.30. The number of halogens is 1. The number of nitrogens with one attached hydrogen (secondary N) is 1. The van der Waals surface area contributed by atoms with Gasteiger partial charge in [-0.1, -0.05) is 12.1 Å². The van der Waals surface area contributed by atoms with E-state index in [0.717, 1.165) is 16.6 Å². The minimum absolute atomic E-state index is 0.165. The molecule has 0 saturated carbocycles. The van der Waals surface area contributed by atoms with Crippen LogP contribution in [0.15, 0.2) is 47.3 Å². The summed E-state index contributed by atoms with van der Waals surface area (Å²) in [5, 5.41) is 0. The predicted octanol–water partition coefficient (Wildman–Crippen LogP) is 2.58. The molecule has 0 saturated heterocycles. The summed E-state index contributed by atoms with van der Waals surface area (Å²) in [4.78, 5) is 14.2. The van der Waals surface area contributed by atoms with E-state index >= 15 is 0 Å². The Hall–Kier alpha value is -2.56. The quantitative estimate of drug-likeness (QED) is 0.796. The molecule has 0 spiro atoms. The normalized spacial score (nSPS) is 10.9. The summed E-state index contributed by atoms with van der Waals surface area (Å²) >= 11 is 0. The fourth-order valence-corrected chi connectivity index (χ4v) is 2.09. The van der Waals surface area contributed by atoms with Crippen LogP contribution >= 0.6 is 0 Å². The molecule has 2 aromatic carbocycles. The molecule has 0 atom stereocenters. The number of nitrogens with zero attached hydrogens (tertiary/aromatic N) is 1. The number of fused-ring (bicyclic) bond motifs is 1. The Labute approximate surface area is 114 Å². The van der Waals surface area contributed by atoms with Crippen LogP contribution in [0.25, 0.3) is 11.0 Å². The standard InChI is InChI=1S/C15H13FN2O2/c1-18-14-8-12(5-6-13(14)17-15(18)19)20-9-10-3-2-4-11(16)7-10/h2-8H,9H2,1H3,(H,17,19). The van der Waals surface area contributed by atoms with Crippen molar-refractivity contribution in [1.82, 2.24) is 9.55 Å². The van der Waals surface area contributed by atoms with Gasteiger partial charge in [-0.3, -0.25) is 4.57 Å². The second-order valence-corrected chi connectivity index (χ2v) is 4.59. The number of rotatable bonds is 3.